The number of benzene rings is 1. The Labute approximate surface area is 150 Å². The fourth-order valence-electron chi connectivity index (χ4n) is 3.42. The summed E-state index contributed by atoms with van der Waals surface area (Å²) in [6.07, 6.45) is 8.29. The lowest BCUT2D eigenvalue weighted by Gasteiger charge is -2.24. The van der Waals surface area contributed by atoms with Crippen LogP contribution in [0.4, 0.5) is 5.69 Å². The number of guanidine groups is 1. The van der Waals surface area contributed by atoms with Gasteiger partial charge in [-0.25, -0.2) is 4.99 Å². The van der Waals surface area contributed by atoms with E-state index in [-0.39, 0.29) is 11.8 Å². The molecule has 0 atom stereocenters. The number of carbonyl (C=O) groups is 1. The van der Waals surface area contributed by atoms with Crippen molar-refractivity contribution < 1.29 is 4.79 Å². The topological polar surface area (TPSA) is 65.5 Å². The van der Waals surface area contributed by atoms with Gasteiger partial charge in [-0.15, -0.1) is 0 Å². The molecule has 2 saturated carbocycles. The van der Waals surface area contributed by atoms with Crippen molar-refractivity contribution in [2.75, 3.05) is 11.9 Å². The van der Waals surface area contributed by atoms with Crippen LogP contribution < -0.4 is 16.0 Å². The molecule has 0 bridgehead atoms. The molecule has 2 aliphatic rings. The first kappa shape index (κ1) is 17.8. The van der Waals surface area contributed by atoms with Gasteiger partial charge in [-0.3, -0.25) is 4.79 Å². The number of amides is 1. The van der Waals surface area contributed by atoms with Gasteiger partial charge in [0.05, 0.1) is 6.54 Å². The summed E-state index contributed by atoms with van der Waals surface area (Å²) in [4.78, 5) is 16.8. The molecular weight excluding hydrogens is 312 g/mol. The molecule has 2 fully saturated rings. The lowest BCUT2D eigenvalue weighted by molar-refractivity contribution is -0.122. The van der Waals surface area contributed by atoms with Crippen LogP contribution in [0, 0.1) is 5.92 Å². The summed E-state index contributed by atoms with van der Waals surface area (Å²) in [5, 5.41) is 9.90. The summed E-state index contributed by atoms with van der Waals surface area (Å²) >= 11 is 0. The van der Waals surface area contributed by atoms with Gasteiger partial charge < -0.3 is 16.0 Å². The Bertz CT molecular complexity index is 603. The highest BCUT2D eigenvalue weighted by Gasteiger charge is 2.25. The second-order valence-corrected chi connectivity index (χ2v) is 7.14. The van der Waals surface area contributed by atoms with Crippen molar-refractivity contribution in [3.63, 3.8) is 0 Å². The first-order chi connectivity index (χ1) is 12.2. The van der Waals surface area contributed by atoms with Gasteiger partial charge in [0.2, 0.25) is 5.91 Å². The summed E-state index contributed by atoms with van der Waals surface area (Å²) in [5.41, 5.74) is 1.98. The van der Waals surface area contributed by atoms with Crippen molar-refractivity contribution >= 4 is 17.6 Å². The minimum atomic E-state index is 0.156. The number of nitrogens with one attached hydrogen (secondary N) is 3. The number of hydrogen-bond acceptors (Lipinski definition) is 2. The van der Waals surface area contributed by atoms with E-state index in [1.165, 1.54) is 32.1 Å². The van der Waals surface area contributed by atoms with Gasteiger partial charge in [0.25, 0.3) is 0 Å². The molecule has 3 rings (SSSR count). The second-order valence-electron chi connectivity index (χ2n) is 7.14. The molecule has 0 radical (unpaired) electrons. The van der Waals surface area contributed by atoms with Crippen LogP contribution in [0.2, 0.25) is 0 Å². The molecule has 0 aliphatic heterocycles. The summed E-state index contributed by atoms with van der Waals surface area (Å²) in [6, 6.07) is 8.57. The van der Waals surface area contributed by atoms with E-state index >= 15 is 0 Å². The molecule has 1 amide bonds. The minimum absolute atomic E-state index is 0.156. The van der Waals surface area contributed by atoms with Gasteiger partial charge in [-0.2, -0.15) is 0 Å². The van der Waals surface area contributed by atoms with Crippen molar-refractivity contribution in [2.24, 2.45) is 10.9 Å². The van der Waals surface area contributed by atoms with Crippen LogP contribution in [0.5, 0.6) is 0 Å². The van der Waals surface area contributed by atoms with Crippen molar-refractivity contribution in [1.82, 2.24) is 10.6 Å². The standard InChI is InChI=1S/C20H30N4O/c1-2-21-20(24-17-10-3-4-11-17)22-14-15-7-5-12-18(13-15)23-19(25)16-8-6-9-16/h5,7,12-13,16-17H,2-4,6,8-11,14H2,1H3,(H,23,25)(H2,21,22,24). The van der Waals surface area contributed by atoms with Crippen LogP contribution >= 0.6 is 0 Å². The Kier molecular flexibility index (Phi) is 6.31. The molecule has 0 saturated heterocycles. The monoisotopic (exact) mass is 342 g/mol. The van der Waals surface area contributed by atoms with Crippen molar-refractivity contribution in [3.8, 4) is 0 Å². The summed E-state index contributed by atoms with van der Waals surface area (Å²) in [5.74, 6) is 1.25. The number of aliphatic imine (C=N–C) groups is 1. The number of rotatable bonds is 6. The molecule has 25 heavy (non-hydrogen) atoms. The van der Waals surface area contributed by atoms with Crippen LogP contribution in [0.15, 0.2) is 29.3 Å². The zero-order chi connectivity index (χ0) is 17.5. The number of nitrogens with zero attached hydrogens (tertiary/aromatic N) is 1. The van der Waals surface area contributed by atoms with Gasteiger partial charge >= 0.3 is 0 Å². The van der Waals surface area contributed by atoms with Crippen LogP contribution in [0.1, 0.15) is 57.4 Å². The highest BCUT2D eigenvalue weighted by atomic mass is 16.1. The van der Waals surface area contributed by atoms with E-state index in [0.717, 1.165) is 36.6 Å². The average molecular weight is 342 g/mol. The predicted molar refractivity (Wildman–Crippen MR) is 103 cm³/mol. The fraction of sp³-hybridized carbons (Fsp3) is 0.600. The highest BCUT2D eigenvalue weighted by Crippen LogP contribution is 2.27. The zero-order valence-electron chi connectivity index (χ0n) is 15.2. The molecular formula is C20H30N4O. The largest absolute Gasteiger partial charge is 0.357 e. The molecule has 136 valence electrons. The van der Waals surface area contributed by atoms with E-state index in [4.69, 9.17) is 4.99 Å². The van der Waals surface area contributed by atoms with Crippen LogP contribution in [0.3, 0.4) is 0 Å². The average Bonchev–Trinajstić information content (AvgIpc) is 3.04. The Hall–Kier alpha value is -2.04. The SMILES string of the molecule is CCNC(=NCc1cccc(NC(=O)C2CCC2)c1)NC1CCCC1. The lowest BCUT2D eigenvalue weighted by atomic mass is 9.85. The molecule has 5 nitrogen and oxygen atoms in total. The normalized spacial score (nSPS) is 18.7. The van der Waals surface area contributed by atoms with Crippen LogP contribution in [-0.4, -0.2) is 24.5 Å². The van der Waals surface area contributed by atoms with Gasteiger partial charge in [0, 0.05) is 24.2 Å². The third-order valence-electron chi connectivity index (χ3n) is 5.13. The van der Waals surface area contributed by atoms with E-state index < -0.39 is 0 Å². The maximum absolute atomic E-state index is 12.1. The smallest absolute Gasteiger partial charge is 0.227 e. The maximum Gasteiger partial charge on any atom is 0.227 e. The minimum Gasteiger partial charge on any atom is -0.357 e. The van der Waals surface area contributed by atoms with Crippen LogP contribution in [-0.2, 0) is 11.3 Å². The van der Waals surface area contributed by atoms with E-state index in [2.05, 4.69) is 28.9 Å². The van der Waals surface area contributed by atoms with Crippen molar-refractivity contribution in [3.05, 3.63) is 29.8 Å². The maximum atomic E-state index is 12.1. The number of hydrogen-bond donors (Lipinski definition) is 3. The van der Waals surface area contributed by atoms with Gasteiger partial charge in [-0.1, -0.05) is 31.4 Å². The molecule has 1 aromatic rings. The number of carbonyl (C=O) groups excluding carboxylic acids is 1. The van der Waals surface area contributed by atoms with E-state index in [9.17, 15) is 4.79 Å². The lowest BCUT2D eigenvalue weighted by Crippen LogP contribution is -2.42. The van der Waals surface area contributed by atoms with Gasteiger partial charge in [0.15, 0.2) is 5.96 Å². The highest BCUT2D eigenvalue weighted by molar-refractivity contribution is 5.93. The molecule has 0 spiro atoms. The molecule has 0 aromatic heterocycles. The quantitative estimate of drug-likeness (QED) is 0.548. The fourth-order valence-corrected chi connectivity index (χ4v) is 3.42. The molecule has 2 aliphatic carbocycles. The van der Waals surface area contributed by atoms with E-state index in [0.29, 0.717) is 12.6 Å². The first-order valence-corrected chi connectivity index (χ1v) is 9.69. The second kappa shape index (κ2) is 8.88. The van der Waals surface area contributed by atoms with Crippen molar-refractivity contribution in [2.45, 2.75) is 64.5 Å². The Morgan fingerprint density at radius 3 is 2.64 bits per heavy atom. The van der Waals surface area contributed by atoms with E-state index in [1.807, 2.05) is 18.2 Å². The third-order valence-corrected chi connectivity index (χ3v) is 5.13. The summed E-state index contributed by atoms with van der Waals surface area (Å²) in [7, 11) is 0. The molecule has 0 unspecified atom stereocenters. The first-order valence-electron chi connectivity index (χ1n) is 9.69. The zero-order valence-corrected chi connectivity index (χ0v) is 15.2. The Morgan fingerprint density at radius 1 is 1.16 bits per heavy atom. The molecule has 0 heterocycles. The summed E-state index contributed by atoms with van der Waals surface area (Å²) in [6.45, 7) is 3.55. The molecule has 1 aromatic carbocycles. The molecule has 5 heteroatoms. The van der Waals surface area contributed by atoms with Gasteiger partial charge in [-0.05, 0) is 50.3 Å². The van der Waals surface area contributed by atoms with E-state index in [1.54, 1.807) is 0 Å². The summed E-state index contributed by atoms with van der Waals surface area (Å²) < 4.78 is 0. The predicted octanol–water partition coefficient (Wildman–Crippen LogP) is 3.42. The van der Waals surface area contributed by atoms with Crippen molar-refractivity contribution in [1.29, 1.82) is 0 Å². The number of anilines is 1. The van der Waals surface area contributed by atoms with Crippen LogP contribution in [0.25, 0.3) is 0 Å². The van der Waals surface area contributed by atoms with Gasteiger partial charge in [0.1, 0.15) is 0 Å². The Balaban J connectivity index is 1.58. The third kappa shape index (κ3) is 5.21. The Morgan fingerprint density at radius 2 is 1.96 bits per heavy atom. The molecule has 3 N–H and O–H groups in total.